The summed E-state index contributed by atoms with van der Waals surface area (Å²) in [6.07, 6.45) is 2.70. The molecule has 1 aromatic rings. The number of carbonyl (C=O) groups excluding carboxylic acids is 1. The van der Waals surface area contributed by atoms with Crippen molar-refractivity contribution in [3.63, 3.8) is 0 Å². The molecule has 1 N–H and O–H groups in total. The van der Waals surface area contributed by atoms with Crippen LogP contribution in [0.2, 0.25) is 0 Å². The molecule has 0 aromatic carbocycles. The number of pyridine rings is 1. The molecule has 6 heteroatoms. The molecule has 1 aliphatic heterocycles. The lowest BCUT2D eigenvalue weighted by Crippen LogP contribution is -2.28. The van der Waals surface area contributed by atoms with Gasteiger partial charge in [-0.15, -0.1) is 12.4 Å². The number of hydrogen-bond donors (Lipinski definition) is 1. The molecule has 5 nitrogen and oxygen atoms in total. The van der Waals surface area contributed by atoms with Gasteiger partial charge in [0.2, 0.25) is 0 Å². The zero-order chi connectivity index (χ0) is 12.8. The molecule has 1 fully saturated rings. The second-order valence-electron chi connectivity index (χ2n) is 4.22. The molecule has 106 valence electrons. The molecule has 0 amide bonds. The quantitative estimate of drug-likeness (QED) is 0.853. The van der Waals surface area contributed by atoms with Crippen molar-refractivity contribution >= 4 is 24.2 Å². The maximum Gasteiger partial charge on any atom is 0.339 e. The summed E-state index contributed by atoms with van der Waals surface area (Å²) in [4.78, 5) is 18.1. The standard InChI is InChI=1S/C13H19N3O2.ClH/c1-2-18-13(17)11-4-5-12(15-10-11)16-8-3-6-14-7-9-16;/h4-5,10,14H,2-3,6-9H2,1H3;1H. The molecule has 2 rings (SSSR count). The minimum atomic E-state index is -0.311. The van der Waals surface area contributed by atoms with E-state index in [0.29, 0.717) is 12.2 Å². The van der Waals surface area contributed by atoms with Crippen molar-refractivity contribution in [3.8, 4) is 0 Å². The van der Waals surface area contributed by atoms with Crippen molar-refractivity contribution in [2.24, 2.45) is 0 Å². The molecule has 1 aromatic heterocycles. The van der Waals surface area contributed by atoms with E-state index in [9.17, 15) is 4.79 Å². The molecule has 0 bridgehead atoms. The van der Waals surface area contributed by atoms with Crippen molar-refractivity contribution in [1.29, 1.82) is 0 Å². The van der Waals surface area contributed by atoms with Crippen LogP contribution in [0.4, 0.5) is 5.82 Å². The van der Waals surface area contributed by atoms with Gasteiger partial charge in [0.05, 0.1) is 12.2 Å². The third-order valence-corrected chi connectivity index (χ3v) is 2.92. The summed E-state index contributed by atoms with van der Waals surface area (Å²) in [5.74, 6) is 0.612. The summed E-state index contributed by atoms with van der Waals surface area (Å²) in [6.45, 7) is 6.16. The SMILES string of the molecule is CCOC(=O)c1ccc(N2CCCNCC2)nc1.Cl. The van der Waals surface area contributed by atoms with Crippen LogP contribution >= 0.6 is 12.4 Å². The smallest absolute Gasteiger partial charge is 0.339 e. The first-order chi connectivity index (χ1) is 8.81. The van der Waals surface area contributed by atoms with E-state index >= 15 is 0 Å². The van der Waals surface area contributed by atoms with E-state index in [1.807, 2.05) is 6.07 Å². The van der Waals surface area contributed by atoms with Gasteiger partial charge in [-0.05, 0) is 32.0 Å². The molecular weight excluding hydrogens is 266 g/mol. The Morgan fingerprint density at radius 1 is 1.42 bits per heavy atom. The molecular formula is C13H20ClN3O2. The first-order valence-electron chi connectivity index (χ1n) is 6.40. The summed E-state index contributed by atoms with van der Waals surface area (Å²) < 4.78 is 4.93. The Kier molecular flexibility index (Phi) is 6.59. The molecule has 1 saturated heterocycles. The minimum absolute atomic E-state index is 0. The van der Waals surface area contributed by atoms with E-state index in [0.717, 1.165) is 38.4 Å². The highest BCUT2D eigenvalue weighted by Gasteiger charge is 2.12. The van der Waals surface area contributed by atoms with Crippen molar-refractivity contribution in [2.45, 2.75) is 13.3 Å². The normalized spacial score (nSPS) is 15.3. The predicted molar refractivity (Wildman–Crippen MR) is 77.1 cm³/mol. The highest BCUT2D eigenvalue weighted by molar-refractivity contribution is 5.89. The molecule has 19 heavy (non-hydrogen) atoms. The van der Waals surface area contributed by atoms with Gasteiger partial charge in [0.25, 0.3) is 0 Å². The van der Waals surface area contributed by atoms with Gasteiger partial charge in [-0.1, -0.05) is 0 Å². The zero-order valence-corrected chi connectivity index (χ0v) is 11.9. The number of aromatic nitrogens is 1. The van der Waals surface area contributed by atoms with Gasteiger partial charge in [-0.3, -0.25) is 0 Å². The minimum Gasteiger partial charge on any atom is -0.462 e. The molecule has 0 radical (unpaired) electrons. The van der Waals surface area contributed by atoms with Crippen LogP contribution in [0.1, 0.15) is 23.7 Å². The number of esters is 1. The van der Waals surface area contributed by atoms with E-state index < -0.39 is 0 Å². The molecule has 2 heterocycles. The number of hydrogen-bond acceptors (Lipinski definition) is 5. The Morgan fingerprint density at radius 2 is 2.26 bits per heavy atom. The largest absolute Gasteiger partial charge is 0.462 e. The third kappa shape index (κ3) is 4.36. The van der Waals surface area contributed by atoms with Gasteiger partial charge in [-0.25, -0.2) is 9.78 Å². The van der Waals surface area contributed by atoms with Gasteiger partial charge >= 0.3 is 5.97 Å². The Hall–Kier alpha value is -1.33. The number of nitrogens with one attached hydrogen (secondary N) is 1. The fourth-order valence-corrected chi connectivity index (χ4v) is 1.98. The van der Waals surface area contributed by atoms with Gasteiger partial charge in [0, 0.05) is 25.8 Å². The number of carbonyl (C=O) groups is 1. The topological polar surface area (TPSA) is 54.5 Å². The van der Waals surface area contributed by atoms with Crippen LogP contribution in [-0.4, -0.2) is 43.7 Å². The van der Waals surface area contributed by atoms with Crippen LogP contribution in [0.5, 0.6) is 0 Å². The molecule has 0 aliphatic carbocycles. The number of halogens is 1. The summed E-state index contributed by atoms with van der Waals surface area (Å²) in [5.41, 5.74) is 0.508. The summed E-state index contributed by atoms with van der Waals surface area (Å²) in [7, 11) is 0. The number of ether oxygens (including phenoxy) is 1. The van der Waals surface area contributed by atoms with Crippen LogP contribution in [-0.2, 0) is 4.74 Å². The Bertz CT molecular complexity index is 389. The van der Waals surface area contributed by atoms with Crippen molar-refractivity contribution in [1.82, 2.24) is 10.3 Å². The Labute approximate surface area is 119 Å². The van der Waals surface area contributed by atoms with Crippen molar-refractivity contribution < 1.29 is 9.53 Å². The van der Waals surface area contributed by atoms with Gasteiger partial charge in [0.1, 0.15) is 5.82 Å². The van der Waals surface area contributed by atoms with Crippen LogP contribution in [0.3, 0.4) is 0 Å². The van der Waals surface area contributed by atoms with Crippen LogP contribution < -0.4 is 10.2 Å². The summed E-state index contributed by atoms with van der Waals surface area (Å²) in [6, 6.07) is 3.66. The molecule has 0 atom stereocenters. The average Bonchev–Trinajstić information content (AvgIpc) is 2.68. The predicted octanol–water partition coefficient (Wildman–Crippen LogP) is 1.48. The van der Waals surface area contributed by atoms with Crippen molar-refractivity contribution in [2.75, 3.05) is 37.7 Å². The van der Waals surface area contributed by atoms with E-state index in [-0.39, 0.29) is 18.4 Å². The lowest BCUT2D eigenvalue weighted by Gasteiger charge is -2.20. The lowest BCUT2D eigenvalue weighted by atomic mass is 10.2. The zero-order valence-electron chi connectivity index (χ0n) is 11.1. The summed E-state index contributed by atoms with van der Waals surface area (Å²) >= 11 is 0. The van der Waals surface area contributed by atoms with Crippen LogP contribution in [0.25, 0.3) is 0 Å². The van der Waals surface area contributed by atoms with Crippen LogP contribution in [0.15, 0.2) is 18.3 Å². The highest BCUT2D eigenvalue weighted by atomic mass is 35.5. The lowest BCUT2D eigenvalue weighted by molar-refractivity contribution is 0.0526. The number of rotatable bonds is 3. The number of anilines is 1. The summed E-state index contributed by atoms with van der Waals surface area (Å²) in [5, 5.41) is 3.35. The monoisotopic (exact) mass is 285 g/mol. The Balaban J connectivity index is 0.00000180. The first-order valence-corrected chi connectivity index (χ1v) is 6.40. The van der Waals surface area contributed by atoms with Gasteiger partial charge in [0.15, 0.2) is 0 Å². The van der Waals surface area contributed by atoms with Gasteiger partial charge < -0.3 is 15.0 Å². The highest BCUT2D eigenvalue weighted by Crippen LogP contribution is 2.13. The van der Waals surface area contributed by atoms with Crippen LogP contribution in [0, 0.1) is 0 Å². The molecule has 0 spiro atoms. The third-order valence-electron chi connectivity index (χ3n) is 2.92. The maximum atomic E-state index is 11.5. The second kappa shape index (κ2) is 7.96. The Morgan fingerprint density at radius 3 is 2.95 bits per heavy atom. The molecule has 1 aliphatic rings. The van der Waals surface area contributed by atoms with E-state index in [1.54, 1.807) is 19.2 Å². The fraction of sp³-hybridized carbons (Fsp3) is 0.538. The fourth-order valence-electron chi connectivity index (χ4n) is 1.98. The van der Waals surface area contributed by atoms with Crippen molar-refractivity contribution in [3.05, 3.63) is 23.9 Å². The molecule has 0 unspecified atom stereocenters. The van der Waals surface area contributed by atoms with E-state index in [2.05, 4.69) is 15.2 Å². The average molecular weight is 286 g/mol. The second-order valence-corrected chi connectivity index (χ2v) is 4.22. The van der Waals surface area contributed by atoms with Gasteiger partial charge in [-0.2, -0.15) is 0 Å². The van der Waals surface area contributed by atoms with E-state index in [1.165, 1.54) is 0 Å². The number of nitrogens with zero attached hydrogens (tertiary/aromatic N) is 2. The first kappa shape index (κ1) is 15.7. The van der Waals surface area contributed by atoms with E-state index in [4.69, 9.17) is 4.74 Å². The molecule has 0 saturated carbocycles. The maximum absolute atomic E-state index is 11.5.